The Labute approximate surface area is 108 Å². The largest absolute Gasteiger partial charge is 0.522 e. The van der Waals surface area contributed by atoms with Crippen molar-refractivity contribution in [1.82, 2.24) is 5.32 Å². The van der Waals surface area contributed by atoms with Gasteiger partial charge in [-0.1, -0.05) is 0 Å². The number of carbonyl (C=O) groups is 2. The molecule has 0 fully saturated rings. The molecule has 9 heteroatoms. The summed E-state index contributed by atoms with van der Waals surface area (Å²) in [6.45, 7) is 3.58. The highest BCUT2D eigenvalue weighted by molar-refractivity contribution is 5.81. The van der Waals surface area contributed by atoms with E-state index in [9.17, 15) is 22.8 Å². The van der Waals surface area contributed by atoms with Gasteiger partial charge in [0.1, 0.15) is 5.60 Å². The maximum absolute atomic E-state index is 11.9. The first-order valence-electron chi connectivity index (χ1n) is 5.22. The van der Waals surface area contributed by atoms with Crippen LogP contribution in [0.5, 0.6) is 0 Å². The summed E-state index contributed by atoms with van der Waals surface area (Å²) >= 11 is 0. The molecule has 0 aromatic carbocycles. The van der Waals surface area contributed by atoms with Crippen molar-refractivity contribution in [2.75, 3.05) is 13.7 Å². The third-order valence-electron chi connectivity index (χ3n) is 1.59. The van der Waals surface area contributed by atoms with E-state index in [0.717, 1.165) is 7.11 Å². The summed E-state index contributed by atoms with van der Waals surface area (Å²) in [5.74, 6) is -1.07. The van der Waals surface area contributed by atoms with Gasteiger partial charge in [-0.25, -0.2) is 9.59 Å². The Morgan fingerprint density at radius 1 is 1.21 bits per heavy atom. The number of alkyl carbamates (subject to hydrolysis) is 1. The predicted octanol–water partition coefficient (Wildman–Crippen LogP) is 1.59. The van der Waals surface area contributed by atoms with Gasteiger partial charge in [-0.2, -0.15) is 0 Å². The summed E-state index contributed by atoms with van der Waals surface area (Å²) in [6, 6.07) is -1.61. The van der Waals surface area contributed by atoms with Crippen molar-refractivity contribution in [2.45, 2.75) is 38.8 Å². The van der Waals surface area contributed by atoms with Crippen LogP contribution >= 0.6 is 0 Å². The fourth-order valence-electron chi connectivity index (χ4n) is 0.939. The number of carbonyl (C=O) groups excluding carboxylic acids is 2. The molecule has 0 bridgehead atoms. The topological polar surface area (TPSA) is 73.9 Å². The molecule has 1 atom stereocenters. The van der Waals surface area contributed by atoms with E-state index in [1.807, 2.05) is 5.32 Å². The SMILES string of the molecule is COC(=O)C(COC(F)(F)F)NC(=O)OC(C)(C)C. The van der Waals surface area contributed by atoms with Crippen LogP contribution in [-0.4, -0.2) is 43.8 Å². The zero-order chi connectivity index (χ0) is 15.3. The van der Waals surface area contributed by atoms with Crippen LogP contribution in [-0.2, 0) is 19.0 Å². The summed E-state index contributed by atoms with van der Waals surface area (Å²) in [6.07, 6.45) is -5.96. The molecule has 1 amide bonds. The minimum atomic E-state index is -4.91. The minimum absolute atomic E-state index is 0.852. The predicted molar refractivity (Wildman–Crippen MR) is 57.2 cm³/mol. The van der Waals surface area contributed by atoms with Gasteiger partial charge in [0.25, 0.3) is 0 Å². The molecule has 6 nitrogen and oxygen atoms in total. The molecule has 0 spiro atoms. The van der Waals surface area contributed by atoms with E-state index in [0.29, 0.717) is 0 Å². The van der Waals surface area contributed by atoms with Crippen LogP contribution in [0.1, 0.15) is 20.8 Å². The van der Waals surface area contributed by atoms with Crippen molar-refractivity contribution in [1.29, 1.82) is 0 Å². The third-order valence-corrected chi connectivity index (χ3v) is 1.59. The number of halogens is 3. The third kappa shape index (κ3) is 9.11. The number of hydrogen-bond donors (Lipinski definition) is 1. The normalized spacial score (nSPS) is 13.6. The highest BCUT2D eigenvalue weighted by atomic mass is 19.4. The van der Waals surface area contributed by atoms with E-state index < -0.39 is 36.7 Å². The minimum Gasteiger partial charge on any atom is -0.467 e. The average molecular weight is 287 g/mol. The lowest BCUT2D eigenvalue weighted by molar-refractivity contribution is -0.325. The van der Waals surface area contributed by atoms with Gasteiger partial charge in [0.15, 0.2) is 6.04 Å². The lowest BCUT2D eigenvalue weighted by Crippen LogP contribution is -2.47. The van der Waals surface area contributed by atoms with Crippen molar-refractivity contribution in [2.24, 2.45) is 0 Å². The van der Waals surface area contributed by atoms with Crippen molar-refractivity contribution in [3.63, 3.8) is 0 Å². The van der Waals surface area contributed by atoms with Crippen LogP contribution in [0.25, 0.3) is 0 Å². The molecule has 1 N–H and O–H groups in total. The summed E-state index contributed by atoms with van der Waals surface area (Å²) in [7, 11) is 0.972. The van der Waals surface area contributed by atoms with Gasteiger partial charge < -0.3 is 14.8 Å². The molecule has 112 valence electrons. The lowest BCUT2D eigenvalue weighted by Gasteiger charge is -2.22. The molecule has 0 radical (unpaired) electrons. The van der Waals surface area contributed by atoms with Crippen LogP contribution in [0.4, 0.5) is 18.0 Å². The van der Waals surface area contributed by atoms with Crippen molar-refractivity contribution >= 4 is 12.1 Å². The number of nitrogens with one attached hydrogen (secondary N) is 1. The van der Waals surface area contributed by atoms with Gasteiger partial charge in [-0.05, 0) is 20.8 Å². The monoisotopic (exact) mass is 287 g/mol. The lowest BCUT2D eigenvalue weighted by atomic mass is 10.2. The average Bonchev–Trinajstić information content (AvgIpc) is 2.19. The molecule has 0 aliphatic carbocycles. The maximum atomic E-state index is 11.9. The maximum Gasteiger partial charge on any atom is 0.522 e. The molecular formula is C10H16F3NO5. The number of methoxy groups -OCH3 is 1. The van der Waals surface area contributed by atoms with Crippen LogP contribution in [0, 0.1) is 0 Å². The number of hydrogen-bond acceptors (Lipinski definition) is 5. The Morgan fingerprint density at radius 3 is 2.11 bits per heavy atom. The standard InChI is InChI=1S/C10H16F3NO5/c1-9(2,3)19-8(16)14-6(7(15)17-4)5-18-10(11,12)13/h6H,5H2,1-4H3,(H,14,16). The number of esters is 1. The van der Waals surface area contributed by atoms with Crippen molar-refractivity contribution < 1.29 is 37.0 Å². The Kier molecular flexibility index (Phi) is 6.07. The first kappa shape index (κ1) is 17.5. The molecule has 0 aromatic heterocycles. The summed E-state index contributed by atoms with van der Waals surface area (Å²) in [5.41, 5.74) is -0.852. The fourth-order valence-corrected chi connectivity index (χ4v) is 0.939. The highest BCUT2D eigenvalue weighted by Crippen LogP contribution is 2.16. The Hall–Kier alpha value is -1.51. The molecule has 0 rings (SSSR count). The van der Waals surface area contributed by atoms with Crippen molar-refractivity contribution in [3.8, 4) is 0 Å². The Balaban J connectivity index is 4.52. The van der Waals surface area contributed by atoms with Crippen LogP contribution in [0.2, 0.25) is 0 Å². The number of amides is 1. The molecule has 0 saturated heterocycles. The van der Waals surface area contributed by atoms with Gasteiger partial charge in [-0.15, -0.1) is 13.2 Å². The number of rotatable bonds is 4. The van der Waals surface area contributed by atoms with E-state index in [1.165, 1.54) is 0 Å². The first-order valence-corrected chi connectivity index (χ1v) is 5.22. The molecular weight excluding hydrogens is 271 g/mol. The van der Waals surface area contributed by atoms with Gasteiger partial charge in [-0.3, -0.25) is 4.74 Å². The van der Waals surface area contributed by atoms with Gasteiger partial charge in [0.2, 0.25) is 0 Å². The molecule has 1 unspecified atom stereocenters. The second-order valence-corrected chi connectivity index (χ2v) is 4.48. The van der Waals surface area contributed by atoms with Gasteiger partial charge >= 0.3 is 18.4 Å². The highest BCUT2D eigenvalue weighted by Gasteiger charge is 2.33. The van der Waals surface area contributed by atoms with Crippen LogP contribution in [0.15, 0.2) is 0 Å². The molecule has 0 saturated carbocycles. The quantitative estimate of drug-likeness (QED) is 0.795. The Bertz CT molecular complexity index is 324. The summed E-state index contributed by atoms with van der Waals surface area (Å²) in [4.78, 5) is 22.5. The second kappa shape index (κ2) is 6.60. The number of ether oxygens (including phenoxy) is 3. The van der Waals surface area contributed by atoms with Gasteiger partial charge in [0, 0.05) is 0 Å². The van der Waals surface area contributed by atoms with Crippen LogP contribution in [0.3, 0.4) is 0 Å². The van der Waals surface area contributed by atoms with E-state index in [2.05, 4.69) is 9.47 Å². The van der Waals surface area contributed by atoms with Crippen molar-refractivity contribution in [3.05, 3.63) is 0 Å². The summed E-state index contributed by atoms with van der Waals surface area (Å²) in [5, 5.41) is 1.94. The summed E-state index contributed by atoms with van der Waals surface area (Å²) < 4.78 is 48.1. The molecule has 0 aromatic rings. The van der Waals surface area contributed by atoms with Crippen LogP contribution < -0.4 is 5.32 Å². The van der Waals surface area contributed by atoms with E-state index in [-0.39, 0.29) is 0 Å². The smallest absolute Gasteiger partial charge is 0.467 e. The van der Waals surface area contributed by atoms with E-state index in [1.54, 1.807) is 20.8 Å². The van der Waals surface area contributed by atoms with E-state index in [4.69, 9.17) is 4.74 Å². The molecule has 0 aliphatic rings. The van der Waals surface area contributed by atoms with E-state index >= 15 is 0 Å². The van der Waals surface area contributed by atoms with Gasteiger partial charge in [0.05, 0.1) is 13.7 Å². The number of alkyl halides is 3. The zero-order valence-electron chi connectivity index (χ0n) is 11.0. The fraction of sp³-hybridized carbons (Fsp3) is 0.800. The zero-order valence-corrected chi connectivity index (χ0v) is 11.0. The Morgan fingerprint density at radius 2 is 1.74 bits per heavy atom. The first-order chi connectivity index (χ1) is 8.44. The molecule has 0 aliphatic heterocycles. The molecule has 0 heterocycles. The second-order valence-electron chi connectivity index (χ2n) is 4.48. The molecule has 19 heavy (non-hydrogen) atoms.